The summed E-state index contributed by atoms with van der Waals surface area (Å²) in [5.41, 5.74) is -1.34. The summed E-state index contributed by atoms with van der Waals surface area (Å²) in [6, 6.07) is 0. The van der Waals surface area contributed by atoms with Crippen LogP contribution >= 0.6 is 0 Å². The molecule has 4 unspecified atom stereocenters. The second-order valence-electron chi connectivity index (χ2n) is 8.09. The summed E-state index contributed by atoms with van der Waals surface area (Å²) in [5, 5.41) is 10.1. The molecule has 0 aromatic carbocycles. The van der Waals surface area contributed by atoms with Gasteiger partial charge < -0.3 is 9.84 Å². The first-order valence-corrected chi connectivity index (χ1v) is 10.3. The molecule has 1 saturated carbocycles. The Labute approximate surface area is 153 Å². The number of rotatable bonds is 11. The van der Waals surface area contributed by atoms with Gasteiger partial charge in [-0.1, -0.05) is 66.7 Å². The van der Waals surface area contributed by atoms with Gasteiger partial charge >= 0.3 is 11.9 Å². The van der Waals surface area contributed by atoms with Gasteiger partial charge in [-0.15, -0.1) is 0 Å². The SMILES string of the molecule is CCCCC1C(CCC)CCC1(C(=O)O)C(=O)OC(CCC)C(C)C. The fourth-order valence-corrected chi connectivity index (χ4v) is 4.49. The molecule has 0 spiro atoms. The number of ether oxygens (including phenoxy) is 1. The predicted molar refractivity (Wildman–Crippen MR) is 100 cm³/mol. The predicted octanol–water partition coefficient (Wildman–Crippen LogP) is 5.44. The van der Waals surface area contributed by atoms with Crippen molar-refractivity contribution in [1.82, 2.24) is 0 Å². The molecule has 0 amide bonds. The van der Waals surface area contributed by atoms with Gasteiger partial charge in [-0.2, -0.15) is 0 Å². The van der Waals surface area contributed by atoms with E-state index >= 15 is 0 Å². The summed E-state index contributed by atoms with van der Waals surface area (Å²) >= 11 is 0. The van der Waals surface area contributed by atoms with Crippen LogP contribution in [0.3, 0.4) is 0 Å². The average molecular weight is 355 g/mol. The minimum atomic E-state index is -1.34. The summed E-state index contributed by atoms with van der Waals surface area (Å²) in [6.45, 7) is 10.4. The topological polar surface area (TPSA) is 63.6 Å². The van der Waals surface area contributed by atoms with E-state index in [9.17, 15) is 14.7 Å². The van der Waals surface area contributed by atoms with Crippen LogP contribution in [0.2, 0.25) is 0 Å². The summed E-state index contributed by atoms with van der Waals surface area (Å²) in [6.07, 6.45) is 7.60. The zero-order valence-corrected chi connectivity index (χ0v) is 16.8. The Kier molecular flexibility index (Phi) is 8.95. The van der Waals surface area contributed by atoms with Crippen molar-refractivity contribution >= 4 is 11.9 Å². The summed E-state index contributed by atoms with van der Waals surface area (Å²) in [5.74, 6) is -1.02. The molecule has 1 fully saturated rings. The fraction of sp³-hybridized carbons (Fsp3) is 0.905. The second kappa shape index (κ2) is 10.2. The van der Waals surface area contributed by atoms with E-state index in [1.165, 1.54) is 0 Å². The molecule has 4 atom stereocenters. The van der Waals surface area contributed by atoms with Crippen molar-refractivity contribution in [3.8, 4) is 0 Å². The van der Waals surface area contributed by atoms with E-state index in [-0.39, 0.29) is 17.9 Å². The Hall–Kier alpha value is -1.06. The van der Waals surface area contributed by atoms with Gasteiger partial charge in [0.15, 0.2) is 5.41 Å². The van der Waals surface area contributed by atoms with Crippen LogP contribution in [-0.4, -0.2) is 23.1 Å². The van der Waals surface area contributed by atoms with E-state index in [0.29, 0.717) is 12.3 Å². The highest BCUT2D eigenvalue weighted by atomic mass is 16.5. The van der Waals surface area contributed by atoms with Crippen LogP contribution in [0.15, 0.2) is 0 Å². The summed E-state index contributed by atoms with van der Waals surface area (Å²) < 4.78 is 5.82. The Morgan fingerprint density at radius 3 is 2.28 bits per heavy atom. The van der Waals surface area contributed by atoms with Gasteiger partial charge in [-0.25, -0.2) is 0 Å². The molecule has 0 radical (unpaired) electrons. The van der Waals surface area contributed by atoms with Gasteiger partial charge in [0.05, 0.1) is 0 Å². The first-order chi connectivity index (χ1) is 11.8. The molecule has 146 valence electrons. The average Bonchev–Trinajstić information content (AvgIpc) is 2.92. The highest BCUT2D eigenvalue weighted by Gasteiger charge is 2.59. The molecule has 1 aliphatic carbocycles. The van der Waals surface area contributed by atoms with Crippen LogP contribution in [0.5, 0.6) is 0 Å². The maximum atomic E-state index is 13.1. The zero-order chi connectivity index (χ0) is 19.0. The number of carbonyl (C=O) groups is 2. The van der Waals surface area contributed by atoms with E-state index in [1.54, 1.807) is 0 Å². The van der Waals surface area contributed by atoms with Crippen LogP contribution in [0.4, 0.5) is 0 Å². The molecule has 1 rings (SSSR count). The number of carboxylic acid groups (broad SMARTS) is 1. The lowest BCUT2D eigenvalue weighted by atomic mass is 9.72. The lowest BCUT2D eigenvalue weighted by Crippen LogP contribution is -2.46. The molecule has 25 heavy (non-hydrogen) atoms. The van der Waals surface area contributed by atoms with E-state index in [4.69, 9.17) is 4.74 Å². The van der Waals surface area contributed by atoms with Crippen LogP contribution < -0.4 is 0 Å². The largest absolute Gasteiger partial charge is 0.480 e. The van der Waals surface area contributed by atoms with Gasteiger partial charge in [0, 0.05) is 0 Å². The standard InChI is InChI=1S/C21H38O4/c1-6-9-12-17-16(10-7-2)13-14-21(17,19(22)23)20(24)25-18(11-8-3)15(4)5/h15-18H,6-14H2,1-5H3,(H,22,23). The first-order valence-electron chi connectivity index (χ1n) is 10.3. The number of carboxylic acids is 1. The van der Waals surface area contributed by atoms with Crippen molar-refractivity contribution < 1.29 is 19.4 Å². The first kappa shape index (κ1) is 22.0. The maximum absolute atomic E-state index is 13.1. The van der Waals surface area contributed by atoms with Gasteiger partial charge in [0.25, 0.3) is 0 Å². The molecule has 0 saturated heterocycles. The number of esters is 1. The third-order valence-electron chi connectivity index (χ3n) is 5.96. The van der Waals surface area contributed by atoms with Crippen LogP contribution in [0.1, 0.15) is 92.4 Å². The Morgan fingerprint density at radius 2 is 1.80 bits per heavy atom. The van der Waals surface area contributed by atoms with Crippen LogP contribution in [0.25, 0.3) is 0 Å². The minimum Gasteiger partial charge on any atom is -0.480 e. The van der Waals surface area contributed by atoms with Crippen molar-refractivity contribution in [2.45, 2.75) is 98.5 Å². The number of carbonyl (C=O) groups excluding carboxylic acids is 1. The maximum Gasteiger partial charge on any atom is 0.324 e. The van der Waals surface area contributed by atoms with E-state index in [2.05, 4.69) is 20.8 Å². The molecule has 0 aliphatic heterocycles. The van der Waals surface area contributed by atoms with Gasteiger partial charge in [-0.05, 0) is 43.4 Å². The fourth-order valence-electron chi connectivity index (χ4n) is 4.49. The Morgan fingerprint density at radius 1 is 1.12 bits per heavy atom. The van der Waals surface area contributed by atoms with Crippen molar-refractivity contribution in [3.05, 3.63) is 0 Å². The van der Waals surface area contributed by atoms with Crippen molar-refractivity contribution in [2.24, 2.45) is 23.2 Å². The molecule has 0 bridgehead atoms. The Balaban J connectivity index is 3.10. The molecule has 1 N–H and O–H groups in total. The number of hydrogen-bond donors (Lipinski definition) is 1. The highest BCUT2D eigenvalue weighted by Crippen LogP contribution is 2.52. The number of aliphatic carboxylic acids is 1. The quantitative estimate of drug-likeness (QED) is 0.396. The van der Waals surface area contributed by atoms with Crippen molar-refractivity contribution in [1.29, 1.82) is 0 Å². The molecule has 4 nitrogen and oxygen atoms in total. The van der Waals surface area contributed by atoms with Gasteiger partial charge in [0.2, 0.25) is 0 Å². The van der Waals surface area contributed by atoms with Crippen molar-refractivity contribution in [2.75, 3.05) is 0 Å². The van der Waals surface area contributed by atoms with Gasteiger partial charge in [-0.3, -0.25) is 9.59 Å². The molecular formula is C21H38O4. The van der Waals surface area contributed by atoms with E-state index in [1.807, 2.05) is 13.8 Å². The monoisotopic (exact) mass is 354 g/mol. The molecule has 1 aliphatic rings. The normalized spacial score (nSPS) is 27.4. The Bertz CT molecular complexity index is 432. The third-order valence-corrected chi connectivity index (χ3v) is 5.96. The van der Waals surface area contributed by atoms with E-state index < -0.39 is 17.4 Å². The lowest BCUT2D eigenvalue weighted by molar-refractivity contribution is -0.178. The van der Waals surface area contributed by atoms with Gasteiger partial charge in [0.1, 0.15) is 6.10 Å². The van der Waals surface area contributed by atoms with Crippen LogP contribution in [-0.2, 0) is 14.3 Å². The third kappa shape index (κ3) is 4.98. The minimum absolute atomic E-state index is 0.0909. The van der Waals surface area contributed by atoms with E-state index in [0.717, 1.165) is 51.4 Å². The molecular weight excluding hydrogens is 316 g/mol. The zero-order valence-electron chi connectivity index (χ0n) is 16.8. The summed E-state index contributed by atoms with van der Waals surface area (Å²) in [7, 11) is 0. The number of unbranched alkanes of at least 4 members (excludes halogenated alkanes) is 1. The molecule has 0 aromatic heterocycles. The highest BCUT2D eigenvalue weighted by molar-refractivity contribution is 6.00. The van der Waals surface area contributed by atoms with Crippen LogP contribution in [0, 0.1) is 23.2 Å². The number of hydrogen-bond acceptors (Lipinski definition) is 3. The van der Waals surface area contributed by atoms with Crippen molar-refractivity contribution in [3.63, 3.8) is 0 Å². The molecule has 0 heterocycles. The molecule has 0 aromatic rings. The smallest absolute Gasteiger partial charge is 0.324 e. The lowest BCUT2D eigenvalue weighted by Gasteiger charge is -2.34. The summed E-state index contributed by atoms with van der Waals surface area (Å²) in [4.78, 5) is 25.4. The molecule has 4 heteroatoms. The second-order valence-corrected chi connectivity index (χ2v) is 8.09.